The molecule has 84 valence electrons. The summed E-state index contributed by atoms with van der Waals surface area (Å²) in [6.07, 6.45) is 12.8. The second-order valence-corrected chi connectivity index (χ2v) is 6.36. The van der Waals surface area contributed by atoms with Crippen molar-refractivity contribution in [3.05, 3.63) is 0 Å². The highest BCUT2D eigenvalue weighted by molar-refractivity contribution is 7.52. The Morgan fingerprint density at radius 2 is 1.64 bits per heavy atom. The largest absolute Gasteiger partial charge is 0.356 e. The van der Waals surface area contributed by atoms with Gasteiger partial charge in [0.2, 0.25) is 0 Å². The highest BCUT2D eigenvalue weighted by Crippen LogP contribution is 2.44. The molecule has 0 saturated heterocycles. The second-order valence-electron chi connectivity index (χ2n) is 4.29. The molecule has 1 fully saturated rings. The third kappa shape index (κ3) is 4.75. The van der Waals surface area contributed by atoms with Gasteiger partial charge >= 0.3 is 0 Å². The molecule has 0 heterocycles. The molecule has 14 heavy (non-hydrogen) atoms. The predicted molar refractivity (Wildman–Crippen MR) is 65.2 cm³/mol. The molecule has 0 aromatic rings. The monoisotopic (exact) mass is 216 g/mol. The Labute approximate surface area is 90.4 Å². The Bertz CT molecular complexity index is 126. The van der Waals surface area contributed by atoms with E-state index in [1.807, 2.05) is 0 Å². The average molecular weight is 216 g/mol. The van der Waals surface area contributed by atoms with Crippen molar-refractivity contribution in [2.45, 2.75) is 64.9 Å². The predicted octanol–water partition coefficient (Wildman–Crippen LogP) is 4.55. The van der Waals surface area contributed by atoms with Crippen LogP contribution in [-0.2, 0) is 4.52 Å². The lowest BCUT2D eigenvalue weighted by Gasteiger charge is -2.30. The van der Waals surface area contributed by atoms with E-state index >= 15 is 0 Å². The first-order valence-corrected chi connectivity index (χ1v) is 7.91. The molecule has 0 aromatic heterocycles. The quantitative estimate of drug-likeness (QED) is 0.541. The Morgan fingerprint density at radius 1 is 1.07 bits per heavy atom. The van der Waals surface area contributed by atoms with E-state index in [4.69, 9.17) is 4.52 Å². The van der Waals surface area contributed by atoms with Crippen molar-refractivity contribution in [1.29, 1.82) is 0 Å². The summed E-state index contributed by atoms with van der Waals surface area (Å²) in [6.45, 7) is 4.55. The molecular weight excluding hydrogens is 191 g/mol. The van der Waals surface area contributed by atoms with Crippen LogP contribution in [0.3, 0.4) is 0 Å². The van der Waals surface area contributed by atoms with Crippen molar-refractivity contribution in [3.63, 3.8) is 0 Å². The molecule has 0 atom stereocenters. The summed E-state index contributed by atoms with van der Waals surface area (Å²) >= 11 is 0. The molecule has 0 N–H and O–H groups in total. The Balaban J connectivity index is 2.12. The van der Waals surface area contributed by atoms with Crippen LogP contribution >= 0.6 is 8.15 Å². The maximum absolute atomic E-state index is 6.16. The van der Waals surface area contributed by atoms with Gasteiger partial charge in [-0.3, -0.25) is 0 Å². The van der Waals surface area contributed by atoms with Crippen molar-refractivity contribution in [3.8, 4) is 0 Å². The maximum Gasteiger partial charge on any atom is 0.0617 e. The van der Waals surface area contributed by atoms with E-state index in [-0.39, 0.29) is 8.15 Å². The molecular formula is C12H25OP. The number of rotatable bonds is 8. The van der Waals surface area contributed by atoms with E-state index < -0.39 is 0 Å². The Kier molecular flexibility index (Phi) is 6.81. The number of unbranched alkanes of at least 4 members (excludes halogenated alkanes) is 2. The molecule has 1 aliphatic carbocycles. The zero-order valence-corrected chi connectivity index (χ0v) is 10.7. The van der Waals surface area contributed by atoms with Gasteiger partial charge in [0.05, 0.1) is 6.10 Å². The highest BCUT2D eigenvalue weighted by Gasteiger charge is 2.21. The minimum atomic E-state index is -0.0664. The summed E-state index contributed by atoms with van der Waals surface area (Å²) in [5, 5.41) is 0. The number of hydrogen-bond acceptors (Lipinski definition) is 1. The normalized spacial score (nSPS) is 17.4. The maximum atomic E-state index is 6.16. The van der Waals surface area contributed by atoms with Gasteiger partial charge in [-0.05, 0) is 44.4 Å². The lowest BCUT2D eigenvalue weighted by Crippen LogP contribution is -2.20. The zero-order chi connectivity index (χ0) is 10.2. The lowest BCUT2D eigenvalue weighted by molar-refractivity contribution is 0.136. The van der Waals surface area contributed by atoms with Gasteiger partial charge < -0.3 is 4.52 Å². The number of hydrogen-bond donors (Lipinski definition) is 0. The molecule has 2 heteroatoms. The van der Waals surface area contributed by atoms with Gasteiger partial charge in [0.15, 0.2) is 0 Å². The van der Waals surface area contributed by atoms with E-state index in [1.54, 1.807) is 0 Å². The molecule has 1 aliphatic rings. The fourth-order valence-electron chi connectivity index (χ4n) is 1.57. The molecule has 1 nitrogen and oxygen atoms in total. The van der Waals surface area contributed by atoms with Gasteiger partial charge in [-0.15, -0.1) is 0 Å². The molecule has 0 bridgehead atoms. The molecule has 0 amide bonds. The topological polar surface area (TPSA) is 9.23 Å². The van der Waals surface area contributed by atoms with Crippen molar-refractivity contribution in [2.75, 3.05) is 12.3 Å². The van der Waals surface area contributed by atoms with Crippen LogP contribution in [0.5, 0.6) is 0 Å². The smallest absolute Gasteiger partial charge is 0.0617 e. The summed E-state index contributed by atoms with van der Waals surface area (Å²) < 4.78 is 6.16. The Morgan fingerprint density at radius 3 is 2.00 bits per heavy atom. The average Bonchev–Trinajstić information content (AvgIpc) is 2.14. The first-order chi connectivity index (χ1) is 6.86. The van der Waals surface area contributed by atoms with Crippen LogP contribution in [0, 0.1) is 0 Å². The summed E-state index contributed by atoms with van der Waals surface area (Å²) in [5.74, 6) is 0. The van der Waals surface area contributed by atoms with Crippen molar-refractivity contribution >= 4 is 8.15 Å². The summed E-state index contributed by atoms with van der Waals surface area (Å²) in [5.41, 5.74) is 0. The molecule has 0 aromatic carbocycles. The van der Waals surface area contributed by atoms with E-state index in [0.717, 1.165) is 0 Å². The summed E-state index contributed by atoms with van der Waals surface area (Å²) in [4.78, 5) is 0. The highest BCUT2D eigenvalue weighted by atomic mass is 31.1. The van der Waals surface area contributed by atoms with Gasteiger partial charge in [-0.25, -0.2) is 0 Å². The van der Waals surface area contributed by atoms with E-state index in [0.29, 0.717) is 6.10 Å². The third-order valence-corrected chi connectivity index (χ3v) is 5.10. The minimum Gasteiger partial charge on any atom is -0.356 e. The van der Waals surface area contributed by atoms with Gasteiger partial charge in [-0.1, -0.05) is 26.7 Å². The minimum absolute atomic E-state index is 0.0664. The van der Waals surface area contributed by atoms with Gasteiger partial charge in [0.1, 0.15) is 0 Å². The van der Waals surface area contributed by atoms with Crippen LogP contribution < -0.4 is 0 Å². The zero-order valence-electron chi connectivity index (χ0n) is 9.80. The van der Waals surface area contributed by atoms with Crippen LogP contribution in [0.1, 0.15) is 58.8 Å². The fraction of sp³-hybridized carbons (Fsp3) is 1.00. The van der Waals surface area contributed by atoms with Gasteiger partial charge in [0, 0.05) is 8.15 Å². The first-order valence-electron chi connectivity index (χ1n) is 6.28. The lowest BCUT2D eigenvalue weighted by atomic mass is 9.97. The SMILES string of the molecule is CCCCP(CCCC)OC1CCC1. The summed E-state index contributed by atoms with van der Waals surface area (Å²) in [7, 11) is -0.0664. The third-order valence-electron chi connectivity index (χ3n) is 2.87. The van der Waals surface area contributed by atoms with E-state index in [9.17, 15) is 0 Å². The van der Waals surface area contributed by atoms with Crippen LogP contribution in [0.15, 0.2) is 0 Å². The molecule has 0 spiro atoms. The van der Waals surface area contributed by atoms with Crippen LogP contribution in [0.25, 0.3) is 0 Å². The van der Waals surface area contributed by atoms with Crippen LogP contribution in [-0.4, -0.2) is 18.4 Å². The fourth-order valence-corrected chi connectivity index (χ4v) is 3.98. The van der Waals surface area contributed by atoms with Crippen molar-refractivity contribution in [2.24, 2.45) is 0 Å². The van der Waals surface area contributed by atoms with Gasteiger partial charge in [-0.2, -0.15) is 0 Å². The second kappa shape index (κ2) is 7.65. The van der Waals surface area contributed by atoms with Crippen molar-refractivity contribution < 1.29 is 4.52 Å². The summed E-state index contributed by atoms with van der Waals surface area (Å²) in [6, 6.07) is 0. The van der Waals surface area contributed by atoms with Crippen LogP contribution in [0.2, 0.25) is 0 Å². The van der Waals surface area contributed by atoms with Crippen LogP contribution in [0.4, 0.5) is 0 Å². The molecule has 1 saturated carbocycles. The first kappa shape index (κ1) is 12.5. The van der Waals surface area contributed by atoms with E-state index in [1.165, 1.54) is 57.3 Å². The molecule has 0 radical (unpaired) electrons. The Hall–Kier alpha value is 0.390. The molecule has 0 unspecified atom stereocenters. The molecule has 1 rings (SSSR count). The standard InChI is InChI=1S/C12H25OP/c1-3-5-10-14(11-6-4-2)13-12-8-7-9-12/h12H,3-11H2,1-2H3. The molecule has 0 aliphatic heterocycles. The van der Waals surface area contributed by atoms with E-state index in [2.05, 4.69) is 13.8 Å². The van der Waals surface area contributed by atoms with Crippen molar-refractivity contribution in [1.82, 2.24) is 0 Å². The van der Waals surface area contributed by atoms with Gasteiger partial charge in [0.25, 0.3) is 0 Å².